The molecule has 0 heterocycles. The van der Waals surface area contributed by atoms with Gasteiger partial charge in [-0.15, -0.1) is 0 Å². The Kier molecular flexibility index (Phi) is 7.69. The highest BCUT2D eigenvalue weighted by Crippen LogP contribution is 2.14. The lowest BCUT2D eigenvalue weighted by Gasteiger charge is -2.10. The lowest BCUT2D eigenvalue weighted by molar-refractivity contribution is 0.0692. The molecule has 1 aromatic carbocycles. The van der Waals surface area contributed by atoms with Gasteiger partial charge in [0.05, 0.1) is 19.8 Å². The molecule has 0 aliphatic heterocycles. The molecule has 0 aromatic heterocycles. The normalized spacial score (nSPS) is 10.3. The number of carbonyl (C=O) groups excluding carboxylic acids is 1. The van der Waals surface area contributed by atoms with Crippen LogP contribution < -0.4 is 10.6 Å². The fourth-order valence-corrected chi connectivity index (χ4v) is 1.81. The van der Waals surface area contributed by atoms with Gasteiger partial charge in [0, 0.05) is 31.5 Å². The lowest BCUT2D eigenvalue weighted by Crippen LogP contribution is -2.28. The van der Waals surface area contributed by atoms with Crippen LogP contribution in [-0.2, 0) is 9.47 Å². The van der Waals surface area contributed by atoms with Gasteiger partial charge in [-0.2, -0.15) is 0 Å². The molecule has 0 atom stereocenters. The Bertz CT molecular complexity index is 422. The standard InChI is InChI=1S/C15H24N2O3/c1-4-16-13-5-6-14(12(2)11-13)15(18)17-7-8-20-10-9-19-3/h5-6,11,16H,4,7-10H2,1-3H3,(H,17,18). The maximum Gasteiger partial charge on any atom is 0.251 e. The predicted molar refractivity (Wildman–Crippen MR) is 80.4 cm³/mol. The average Bonchev–Trinajstić information content (AvgIpc) is 2.43. The maximum atomic E-state index is 12.0. The number of aryl methyl sites for hydroxylation is 1. The van der Waals surface area contributed by atoms with Crippen LogP contribution in [0.2, 0.25) is 0 Å². The first-order valence-electron chi connectivity index (χ1n) is 6.88. The molecule has 0 spiro atoms. The Morgan fingerprint density at radius 3 is 2.70 bits per heavy atom. The van der Waals surface area contributed by atoms with Crippen molar-refractivity contribution in [1.29, 1.82) is 0 Å². The van der Waals surface area contributed by atoms with Crippen molar-refractivity contribution < 1.29 is 14.3 Å². The molecule has 1 rings (SSSR count). The van der Waals surface area contributed by atoms with Gasteiger partial charge in [0.2, 0.25) is 0 Å². The summed E-state index contributed by atoms with van der Waals surface area (Å²) in [7, 11) is 1.63. The summed E-state index contributed by atoms with van der Waals surface area (Å²) in [5.74, 6) is -0.0686. The summed E-state index contributed by atoms with van der Waals surface area (Å²) in [6.07, 6.45) is 0. The molecule has 0 saturated carbocycles. The fourth-order valence-electron chi connectivity index (χ4n) is 1.81. The molecule has 0 radical (unpaired) electrons. The largest absolute Gasteiger partial charge is 0.385 e. The van der Waals surface area contributed by atoms with E-state index in [-0.39, 0.29) is 5.91 Å². The number of hydrogen-bond donors (Lipinski definition) is 2. The van der Waals surface area contributed by atoms with E-state index >= 15 is 0 Å². The minimum absolute atomic E-state index is 0.0686. The van der Waals surface area contributed by atoms with E-state index in [1.54, 1.807) is 7.11 Å². The number of anilines is 1. The van der Waals surface area contributed by atoms with Crippen molar-refractivity contribution in [3.05, 3.63) is 29.3 Å². The molecule has 0 unspecified atom stereocenters. The van der Waals surface area contributed by atoms with Crippen LogP contribution in [0.1, 0.15) is 22.8 Å². The van der Waals surface area contributed by atoms with E-state index in [1.165, 1.54) is 0 Å². The summed E-state index contributed by atoms with van der Waals surface area (Å²) in [6, 6.07) is 5.74. The van der Waals surface area contributed by atoms with E-state index < -0.39 is 0 Å². The molecule has 20 heavy (non-hydrogen) atoms. The van der Waals surface area contributed by atoms with E-state index in [9.17, 15) is 4.79 Å². The Hall–Kier alpha value is -1.59. The number of rotatable bonds is 9. The molecule has 5 heteroatoms. The van der Waals surface area contributed by atoms with Crippen molar-refractivity contribution in [2.75, 3.05) is 45.3 Å². The summed E-state index contributed by atoms with van der Waals surface area (Å²) in [4.78, 5) is 12.0. The van der Waals surface area contributed by atoms with E-state index in [0.29, 0.717) is 31.9 Å². The SMILES string of the molecule is CCNc1ccc(C(=O)NCCOCCOC)c(C)c1. The second-order valence-corrected chi connectivity index (χ2v) is 4.42. The van der Waals surface area contributed by atoms with Crippen molar-refractivity contribution in [2.24, 2.45) is 0 Å². The molecule has 2 N–H and O–H groups in total. The van der Waals surface area contributed by atoms with Gasteiger partial charge in [-0.1, -0.05) is 0 Å². The van der Waals surface area contributed by atoms with Gasteiger partial charge in [-0.25, -0.2) is 0 Å². The Labute approximate surface area is 120 Å². The number of ether oxygens (including phenoxy) is 2. The number of nitrogens with one attached hydrogen (secondary N) is 2. The Morgan fingerprint density at radius 1 is 1.25 bits per heavy atom. The van der Waals surface area contributed by atoms with Gasteiger partial charge in [0.25, 0.3) is 5.91 Å². The fraction of sp³-hybridized carbons (Fsp3) is 0.533. The van der Waals surface area contributed by atoms with Crippen LogP contribution >= 0.6 is 0 Å². The molecule has 5 nitrogen and oxygen atoms in total. The number of hydrogen-bond acceptors (Lipinski definition) is 4. The second-order valence-electron chi connectivity index (χ2n) is 4.42. The van der Waals surface area contributed by atoms with Crippen molar-refractivity contribution in [2.45, 2.75) is 13.8 Å². The molecule has 0 bridgehead atoms. The van der Waals surface area contributed by atoms with Crippen LogP contribution in [0.15, 0.2) is 18.2 Å². The van der Waals surface area contributed by atoms with Gasteiger partial charge >= 0.3 is 0 Å². The smallest absolute Gasteiger partial charge is 0.251 e. The minimum Gasteiger partial charge on any atom is -0.385 e. The highest BCUT2D eigenvalue weighted by atomic mass is 16.5. The zero-order chi connectivity index (χ0) is 14.8. The second kappa shape index (κ2) is 9.34. The quantitative estimate of drug-likeness (QED) is 0.677. The van der Waals surface area contributed by atoms with E-state index in [1.807, 2.05) is 32.0 Å². The number of benzene rings is 1. The molecule has 0 aliphatic carbocycles. The first-order valence-corrected chi connectivity index (χ1v) is 6.88. The van der Waals surface area contributed by atoms with Gasteiger partial charge < -0.3 is 20.1 Å². The van der Waals surface area contributed by atoms with Crippen molar-refractivity contribution in [3.63, 3.8) is 0 Å². The average molecular weight is 280 g/mol. The first-order chi connectivity index (χ1) is 9.69. The zero-order valence-electron chi connectivity index (χ0n) is 12.5. The molecule has 0 aliphatic rings. The van der Waals surface area contributed by atoms with E-state index in [2.05, 4.69) is 10.6 Å². The zero-order valence-corrected chi connectivity index (χ0v) is 12.5. The third kappa shape index (κ3) is 5.59. The first kappa shape index (κ1) is 16.5. The van der Waals surface area contributed by atoms with E-state index in [0.717, 1.165) is 17.8 Å². The summed E-state index contributed by atoms with van der Waals surface area (Å²) in [5, 5.41) is 6.07. The highest BCUT2D eigenvalue weighted by Gasteiger charge is 2.08. The van der Waals surface area contributed by atoms with Crippen molar-refractivity contribution in [1.82, 2.24) is 5.32 Å². The van der Waals surface area contributed by atoms with Gasteiger partial charge in [0.1, 0.15) is 0 Å². The van der Waals surface area contributed by atoms with Gasteiger partial charge in [0.15, 0.2) is 0 Å². The summed E-state index contributed by atoms with van der Waals surface area (Å²) >= 11 is 0. The van der Waals surface area contributed by atoms with Gasteiger partial charge in [-0.05, 0) is 37.6 Å². The molecule has 1 amide bonds. The van der Waals surface area contributed by atoms with Crippen LogP contribution in [0.5, 0.6) is 0 Å². The summed E-state index contributed by atoms with van der Waals surface area (Å²) in [5.41, 5.74) is 2.69. The molecule has 0 saturated heterocycles. The van der Waals surface area contributed by atoms with Crippen LogP contribution in [0, 0.1) is 6.92 Å². The monoisotopic (exact) mass is 280 g/mol. The summed E-state index contributed by atoms with van der Waals surface area (Å²) in [6.45, 7) is 6.94. The molecule has 112 valence electrons. The predicted octanol–water partition coefficient (Wildman–Crippen LogP) is 1.82. The molecular weight excluding hydrogens is 256 g/mol. The third-order valence-electron chi connectivity index (χ3n) is 2.82. The lowest BCUT2D eigenvalue weighted by atomic mass is 10.1. The maximum absolute atomic E-state index is 12.0. The van der Waals surface area contributed by atoms with Crippen LogP contribution in [0.25, 0.3) is 0 Å². The Balaban J connectivity index is 2.39. The molecule has 0 fully saturated rings. The third-order valence-corrected chi connectivity index (χ3v) is 2.82. The van der Waals surface area contributed by atoms with Crippen LogP contribution in [0.3, 0.4) is 0 Å². The minimum atomic E-state index is -0.0686. The number of methoxy groups -OCH3 is 1. The Morgan fingerprint density at radius 2 is 2.05 bits per heavy atom. The highest BCUT2D eigenvalue weighted by molar-refractivity contribution is 5.96. The molecular formula is C15H24N2O3. The summed E-state index contributed by atoms with van der Waals surface area (Å²) < 4.78 is 10.2. The van der Waals surface area contributed by atoms with Crippen molar-refractivity contribution in [3.8, 4) is 0 Å². The van der Waals surface area contributed by atoms with Gasteiger partial charge in [-0.3, -0.25) is 4.79 Å². The number of carbonyl (C=O) groups is 1. The number of amides is 1. The van der Waals surface area contributed by atoms with Crippen LogP contribution in [-0.4, -0.2) is 45.9 Å². The van der Waals surface area contributed by atoms with Crippen LogP contribution in [0.4, 0.5) is 5.69 Å². The van der Waals surface area contributed by atoms with Crippen molar-refractivity contribution >= 4 is 11.6 Å². The topological polar surface area (TPSA) is 59.6 Å². The van der Waals surface area contributed by atoms with E-state index in [4.69, 9.17) is 9.47 Å². The molecule has 1 aromatic rings.